The molecule has 4 nitrogen and oxygen atoms in total. The highest BCUT2D eigenvalue weighted by molar-refractivity contribution is 5.96. The van der Waals surface area contributed by atoms with Gasteiger partial charge in [-0.25, -0.2) is 5.48 Å². The standard InChI is InChI=1S/C8H9NO3.C2H6/c1-12-9-8(11)6-4-2-3-5-7(6)10;1-2/h2-5,10H,1H3,(H,9,11);1-2H3. The fraction of sp³-hybridized carbons (Fsp3) is 0.300. The lowest BCUT2D eigenvalue weighted by atomic mass is 10.2. The molecule has 1 aromatic carbocycles. The van der Waals surface area contributed by atoms with Crippen LogP contribution in [0.2, 0.25) is 0 Å². The van der Waals surface area contributed by atoms with Crippen LogP contribution in [-0.2, 0) is 4.84 Å². The summed E-state index contributed by atoms with van der Waals surface area (Å²) in [6.45, 7) is 4.00. The molecule has 1 rings (SSSR count). The fourth-order valence-electron chi connectivity index (χ4n) is 0.813. The summed E-state index contributed by atoms with van der Waals surface area (Å²) >= 11 is 0. The van der Waals surface area contributed by atoms with Gasteiger partial charge in [0.05, 0.1) is 12.7 Å². The Balaban J connectivity index is 0.000000791. The number of hydrogen-bond acceptors (Lipinski definition) is 3. The average molecular weight is 197 g/mol. The molecule has 0 radical (unpaired) electrons. The molecule has 0 fully saturated rings. The molecule has 4 heteroatoms. The van der Waals surface area contributed by atoms with Gasteiger partial charge in [-0.15, -0.1) is 0 Å². The molecule has 0 aliphatic carbocycles. The van der Waals surface area contributed by atoms with Crippen molar-refractivity contribution in [3.63, 3.8) is 0 Å². The Morgan fingerprint density at radius 1 is 1.36 bits per heavy atom. The van der Waals surface area contributed by atoms with Crippen molar-refractivity contribution in [3.8, 4) is 5.75 Å². The van der Waals surface area contributed by atoms with E-state index in [2.05, 4.69) is 10.3 Å². The first-order chi connectivity index (χ1) is 6.75. The highest BCUT2D eigenvalue weighted by Gasteiger charge is 2.08. The molecule has 0 bridgehead atoms. The Morgan fingerprint density at radius 3 is 2.43 bits per heavy atom. The molecule has 0 unspecified atom stereocenters. The number of para-hydroxylation sites is 1. The van der Waals surface area contributed by atoms with E-state index in [1.54, 1.807) is 12.1 Å². The maximum Gasteiger partial charge on any atom is 0.278 e. The maximum atomic E-state index is 11.1. The van der Waals surface area contributed by atoms with Crippen LogP contribution < -0.4 is 5.48 Å². The molecular formula is C10H15NO3. The first kappa shape index (κ1) is 12.4. The second-order valence-corrected chi connectivity index (χ2v) is 2.15. The lowest BCUT2D eigenvalue weighted by molar-refractivity contribution is 0.0535. The number of carbonyl (C=O) groups is 1. The highest BCUT2D eigenvalue weighted by atomic mass is 16.6. The zero-order chi connectivity index (χ0) is 11.0. The SMILES string of the molecule is CC.CONC(=O)c1ccccc1O. The third-order valence-electron chi connectivity index (χ3n) is 1.34. The van der Waals surface area contributed by atoms with Gasteiger partial charge in [-0.3, -0.25) is 9.63 Å². The second kappa shape index (κ2) is 6.91. The van der Waals surface area contributed by atoms with E-state index in [0.717, 1.165) is 0 Å². The van der Waals surface area contributed by atoms with Gasteiger partial charge in [-0.2, -0.15) is 0 Å². The van der Waals surface area contributed by atoms with Crippen LogP contribution in [0.25, 0.3) is 0 Å². The van der Waals surface area contributed by atoms with Gasteiger partial charge in [0.2, 0.25) is 0 Å². The monoisotopic (exact) mass is 197 g/mol. The van der Waals surface area contributed by atoms with Gasteiger partial charge in [0.1, 0.15) is 5.75 Å². The lowest BCUT2D eigenvalue weighted by Gasteiger charge is -2.02. The third kappa shape index (κ3) is 3.45. The fourth-order valence-corrected chi connectivity index (χ4v) is 0.813. The van der Waals surface area contributed by atoms with Crippen LogP contribution in [0.3, 0.4) is 0 Å². The van der Waals surface area contributed by atoms with Crippen LogP contribution in [0.1, 0.15) is 24.2 Å². The van der Waals surface area contributed by atoms with Crippen molar-refractivity contribution in [2.45, 2.75) is 13.8 Å². The number of nitrogens with one attached hydrogen (secondary N) is 1. The molecule has 0 heterocycles. The van der Waals surface area contributed by atoms with Gasteiger partial charge in [0.15, 0.2) is 0 Å². The Kier molecular flexibility index (Phi) is 6.15. The second-order valence-electron chi connectivity index (χ2n) is 2.15. The molecule has 0 aromatic heterocycles. The molecule has 78 valence electrons. The summed E-state index contributed by atoms with van der Waals surface area (Å²) in [4.78, 5) is 15.5. The Morgan fingerprint density at radius 2 is 1.93 bits per heavy atom. The summed E-state index contributed by atoms with van der Waals surface area (Å²) < 4.78 is 0. The summed E-state index contributed by atoms with van der Waals surface area (Å²) in [5.41, 5.74) is 2.30. The van der Waals surface area contributed by atoms with E-state index in [1.165, 1.54) is 19.2 Å². The number of hydroxylamine groups is 1. The molecule has 0 aliphatic heterocycles. The zero-order valence-electron chi connectivity index (χ0n) is 8.57. The summed E-state index contributed by atoms with van der Waals surface area (Å²) in [5.74, 6) is -0.525. The predicted octanol–water partition coefficient (Wildman–Crippen LogP) is 1.71. The molecule has 0 spiro atoms. The number of hydrogen-bond donors (Lipinski definition) is 2. The van der Waals surface area contributed by atoms with E-state index < -0.39 is 5.91 Å². The molecule has 1 aromatic rings. The summed E-state index contributed by atoms with van der Waals surface area (Å²) in [6, 6.07) is 6.23. The van der Waals surface area contributed by atoms with Crippen LogP contribution in [0.4, 0.5) is 0 Å². The van der Waals surface area contributed by atoms with Crippen molar-refractivity contribution >= 4 is 5.91 Å². The number of phenolic OH excluding ortho intramolecular Hbond substituents is 1. The molecule has 1 amide bonds. The van der Waals surface area contributed by atoms with Gasteiger partial charge in [0, 0.05) is 0 Å². The van der Waals surface area contributed by atoms with E-state index in [-0.39, 0.29) is 11.3 Å². The van der Waals surface area contributed by atoms with Crippen molar-refractivity contribution < 1.29 is 14.7 Å². The van der Waals surface area contributed by atoms with Crippen LogP contribution >= 0.6 is 0 Å². The van der Waals surface area contributed by atoms with Crippen LogP contribution in [0.15, 0.2) is 24.3 Å². The van der Waals surface area contributed by atoms with Crippen molar-refractivity contribution in [1.29, 1.82) is 0 Å². The van der Waals surface area contributed by atoms with Crippen molar-refractivity contribution in [1.82, 2.24) is 5.48 Å². The molecule has 2 N–H and O–H groups in total. The van der Waals surface area contributed by atoms with Crippen molar-refractivity contribution in [3.05, 3.63) is 29.8 Å². The topological polar surface area (TPSA) is 58.6 Å². The number of rotatable bonds is 2. The molecule has 14 heavy (non-hydrogen) atoms. The average Bonchev–Trinajstić information content (AvgIpc) is 2.22. The summed E-state index contributed by atoms with van der Waals surface area (Å²) in [5, 5.41) is 9.19. The maximum absolute atomic E-state index is 11.1. The Hall–Kier alpha value is -1.55. The predicted molar refractivity (Wildman–Crippen MR) is 53.9 cm³/mol. The third-order valence-corrected chi connectivity index (χ3v) is 1.34. The van der Waals surface area contributed by atoms with E-state index in [4.69, 9.17) is 0 Å². The minimum absolute atomic E-state index is 0.0629. The minimum Gasteiger partial charge on any atom is -0.507 e. The summed E-state index contributed by atoms with van der Waals surface area (Å²) in [7, 11) is 1.33. The van der Waals surface area contributed by atoms with Gasteiger partial charge < -0.3 is 5.11 Å². The Labute approximate surface area is 83.5 Å². The number of amides is 1. The highest BCUT2D eigenvalue weighted by Crippen LogP contribution is 2.14. The normalized spacial score (nSPS) is 8.50. The molecule has 0 atom stereocenters. The first-order valence-electron chi connectivity index (χ1n) is 4.37. The van der Waals surface area contributed by atoms with E-state index >= 15 is 0 Å². The number of phenols is 1. The lowest BCUT2D eigenvalue weighted by Crippen LogP contribution is -2.21. The quantitative estimate of drug-likeness (QED) is 0.709. The zero-order valence-corrected chi connectivity index (χ0v) is 8.57. The largest absolute Gasteiger partial charge is 0.507 e. The number of benzene rings is 1. The molecule has 0 saturated carbocycles. The number of aromatic hydroxyl groups is 1. The van der Waals surface area contributed by atoms with Gasteiger partial charge in [0.25, 0.3) is 5.91 Å². The number of carbonyl (C=O) groups excluding carboxylic acids is 1. The van der Waals surface area contributed by atoms with Crippen LogP contribution in [0, 0.1) is 0 Å². The Bertz CT molecular complexity index is 286. The molecule has 0 saturated heterocycles. The molecule has 0 aliphatic rings. The van der Waals surface area contributed by atoms with Gasteiger partial charge in [-0.1, -0.05) is 26.0 Å². The smallest absolute Gasteiger partial charge is 0.278 e. The first-order valence-corrected chi connectivity index (χ1v) is 4.37. The minimum atomic E-state index is -0.462. The van der Waals surface area contributed by atoms with E-state index in [9.17, 15) is 9.90 Å². The van der Waals surface area contributed by atoms with Crippen molar-refractivity contribution in [2.75, 3.05) is 7.11 Å². The van der Waals surface area contributed by atoms with E-state index in [0.29, 0.717) is 0 Å². The van der Waals surface area contributed by atoms with Crippen LogP contribution in [0.5, 0.6) is 5.75 Å². The molecular weight excluding hydrogens is 182 g/mol. The van der Waals surface area contributed by atoms with Crippen LogP contribution in [-0.4, -0.2) is 18.1 Å². The van der Waals surface area contributed by atoms with Gasteiger partial charge >= 0.3 is 0 Å². The summed E-state index contributed by atoms with van der Waals surface area (Å²) in [6.07, 6.45) is 0. The van der Waals surface area contributed by atoms with Crippen molar-refractivity contribution in [2.24, 2.45) is 0 Å². The van der Waals surface area contributed by atoms with Gasteiger partial charge in [-0.05, 0) is 12.1 Å². The van der Waals surface area contributed by atoms with E-state index in [1.807, 2.05) is 13.8 Å².